The number of pyridine rings is 1. The molecular weight excluding hydrogens is 298 g/mol. The van der Waals surface area contributed by atoms with Crippen LogP contribution in [0.5, 0.6) is 0 Å². The summed E-state index contributed by atoms with van der Waals surface area (Å²) in [5, 5.41) is 0.965. The Morgan fingerprint density at radius 3 is 2.88 bits per heavy atom. The van der Waals surface area contributed by atoms with E-state index >= 15 is 0 Å². The van der Waals surface area contributed by atoms with Crippen molar-refractivity contribution in [1.82, 2.24) is 9.97 Å². The smallest absolute Gasteiger partial charge is 0.124 e. The summed E-state index contributed by atoms with van der Waals surface area (Å²) in [5.41, 5.74) is 7.68. The Bertz CT molecular complexity index is 693. The summed E-state index contributed by atoms with van der Waals surface area (Å²) in [6.45, 7) is 0. The lowest BCUT2D eigenvalue weighted by Crippen LogP contribution is -1.88. The zero-order chi connectivity index (χ0) is 11.8. The van der Waals surface area contributed by atoms with Gasteiger partial charge in [-0.2, -0.15) is 0 Å². The molecule has 0 aliphatic heterocycles. The molecule has 1 aromatic carbocycles. The van der Waals surface area contributed by atoms with Gasteiger partial charge in [-0.05, 0) is 30.3 Å². The second-order valence-electron chi connectivity index (χ2n) is 3.60. The fourth-order valence-electron chi connectivity index (χ4n) is 1.60. The van der Waals surface area contributed by atoms with Crippen LogP contribution in [0, 0.1) is 0 Å². The normalized spacial score (nSPS) is 10.9. The van der Waals surface area contributed by atoms with E-state index in [9.17, 15) is 0 Å². The van der Waals surface area contributed by atoms with Crippen molar-refractivity contribution in [2.75, 3.05) is 5.73 Å². The molecule has 0 aliphatic carbocycles. The van der Waals surface area contributed by atoms with Gasteiger partial charge < -0.3 is 5.73 Å². The number of fused-ring (bicyclic) bond motifs is 1. The van der Waals surface area contributed by atoms with Gasteiger partial charge in [0.15, 0.2) is 0 Å². The number of thiazole rings is 1. The van der Waals surface area contributed by atoms with E-state index in [1.807, 2.05) is 24.3 Å². The van der Waals surface area contributed by atoms with Crippen LogP contribution in [0.2, 0.25) is 0 Å². The average molecular weight is 306 g/mol. The first-order valence-electron chi connectivity index (χ1n) is 5.00. The molecule has 0 unspecified atom stereocenters. The lowest BCUT2D eigenvalue weighted by Gasteiger charge is -1.95. The van der Waals surface area contributed by atoms with E-state index in [1.54, 1.807) is 17.5 Å². The zero-order valence-corrected chi connectivity index (χ0v) is 11.1. The Morgan fingerprint density at radius 1 is 1.18 bits per heavy atom. The van der Waals surface area contributed by atoms with Crippen molar-refractivity contribution in [1.29, 1.82) is 0 Å². The van der Waals surface area contributed by atoms with Gasteiger partial charge in [-0.3, -0.25) is 0 Å². The van der Waals surface area contributed by atoms with Gasteiger partial charge in [0.25, 0.3) is 0 Å². The summed E-state index contributed by atoms with van der Waals surface area (Å²) in [6.07, 6.45) is 1.70. The van der Waals surface area contributed by atoms with Crippen LogP contribution in [0.3, 0.4) is 0 Å². The van der Waals surface area contributed by atoms with Crippen LogP contribution in [-0.4, -0.2) is 9.97 Å². The molecule has 84 valence electrons. The van der Waals surface area contributed by atoms with Crippen molar-refractivity contribution in [2.45, 2.75) is 0 Å². The molecule has 2 N–H and O–H groups in total. The highest BCUT2D eigenvalue weighted by Crippen LogP contribution is 2.31. The predicted molar refractivity (Wildman–Crippen MR) is 75.0 cm³/mol. The second-order valence-corrected chi connectivity index (χ2v) is 5.55. The number of benzene rings is 1. The van der Waals surface area contributed by atoms with Crippen LogP contribution in [0.4, 0.5) is 5.82 Å². The van der Waals surface area contributed by atoms with E-state index in [-0.39, 0.29) is 0 Å². The lowest BCUT2D eigenvalue weighted by molar-refractivity contribution is 1.33. The van der Waals surface area contributed by atoms with E-state index < -0.39 is 0 Å². The molecule has 2 heterocycles. The number of nitrogens with two attached hydrogens (primary N) is 1. The van der Waals surface area contributed by atoms with Crippen LogP contribution < -0.4 is 5.73 Å². The van der Waals surface area contributed by atoms with Crippen molar-refractivity contribution in [3.05, 3.63) is 41.0 Å². The predicted octanol–water partition coefficient (Wildman–Crippen LogP) is 3.70. The highest BCUT2D eigenvalue weighted by Gasteiger charge is 2.06. The fraction of sp³-hybridized carbons (Fsp3) is 0. The molecule has 0 saturated heterocycles. The summed E-state index contributed by atoms with van der Waals surface area (Å²) < 4.78 is 2.22. The molecule has 3 nitrogen and oxygen atoms in total. The molecule has 0 bridgehead atoms. The summed E-state index contributed by atoms with van der Waals surface area (Å²) in [7, 11) is 0. The van der Waals surface area contributed by atoms with Crippen LogP contribution >= 0.6 is 27.3 Å². The third kappa shape index (κ3) is 2.03. The van der Waals surface area contributed by atoms with Crippen molar-refractivity contribution in [3.63, 3.8) is 0 Å². The van der Waals surface area contributed by atoms with E-state index in [1.165, 1.54) is 0 Å². The number of aromatic nitrogens is 2. The van der Waals surface area contributed by atoms with Crippen molar-refractivity contribution < 1.29 is 0 Å². The minimum absolute atomic E-state index is 0.517. The van der Waals surface area contributed by atoms with Crippen LogP contribution in [0.15, 0.2) is 41.0 Å². The summed E-state index contributed by atoms with van der Waals surface area (Å²) in [4.78, 5) is 8.56. The molecule has 0 amide bonds. The Morgan fingerprint density at radius 2 is 2.06 bits per heavy atom. The van der Waals surface area contributed by atoms with Crippen molar-refractivity contribution in [2.24, 2.45) is 0 Å². The maximum atomic E-state index is 5.67. The van der Waals surface area contributed by atoms with E-state index in [2.05, 4.69) is 32.0 Å². The van der Waals surface area contributed by atoms with Gasteiger partial charge in [-0.15, -0.1) is 11.3 Å². The van der Waals surface area contributed by atoms with Crippen LogP contribution in [0.1, 0.15) is 0 Å². The summed E-state index contributed by atoms with van der Waals surface area (Å²) in [6, 6.07) is 9.83. The topological polar surface area (TPSA) is 51.8 Å². The Labute approximate surface area is 110 Å². The van der Waals surface area contributed by atoms with Crippen LogP contribution in [-0.2, 0) is 0 Å². The van der Waals surface area contributed by atoms with Crippen molar-refractivity contribution >= 4 is 43.3 Å². The minimum Gasteiger partial charge on any atom is -0.384 e. The zero-order valence-electron chi connectivity index (χ0n) is 8.72. The molecule has 2 aromatic heterocycles. The maximum absolute atomic E-state index is 5.67. The number of anilines is 1. The van der Waals surface area contributed by atoms with Gasteiger partial charge >= 0.3 is 0 Å². The highest BCUT2D eigenvalue weighted by atomic mass is 79.9. The van der Waals surface area contributed by atoms with Gasteiger partial charge in [-0.1, -0.05) is 15.9 Å². The number of hydrogen-bond acceptors (Lipinski definition) is 4. The molecular formula is C12H8BrN3S. The summed E-state index contributed by atoms with van der Waals surface area (Å²) in [5.74, 6) is 0.517. The molecule has 0 fully saturated rings. The highest BCUT2D eigenvalue weighted by molar-refractivity contribution is 9.10. The molecule has 0 aliphatic rings. The molecule has 0 atom stereocenters. The first-order chi connectivity index (χ1) is 8.22. The van der Waals surface area contributed by atoms with E-state index in [0.717, 1.165) is 25.3 Å². The van der Waals surface area contributed by atoms with Gasteiger partial charge in [0.05, 0.1) is 10.2 Å². The first-order valence-corrected chi connectivity index (χ1v) is 6.61. The summed E-state index contributed by atoms with van der Waals surface area (Å²) >= 11 is 5.11. The number of hydrogen-bond donors (Lipinski definition) is 1. The molecule has 5 heteroatoms. The van der Waals surface area contributed by atoms with Gasteiger partial charge in [0, 0.05) is 16.2 Å². The quantitative estimate of drug-likeness (QED) is 0.746. The molecule has 0 radical (unpaired) electrons. The van der Waals surface area contributed by atoms with Crippen molar-refractivity contribution in [3.8, 4) is 10.6 Å². The molecule has 3 rings (SSSR count). The lowest BCUT2D eigenvalue weighted by atomic mass is 10.3. The molecule has 3 aromatic rings. The number of halogens is 1. The third-order valence-electron chi connectivity index (χ3n) is 2.38. The third-order valence-corrected chi connectivity index (χ3v) is 3.94. The van der Waals surface area contributed by atoms with Gasteiger partial charge in [-0.25, -0.2) is 9.97 Å². The average Bonchev–Trinajstić information content (AvgIpc) is 2.72. The Kier molecular flexibility index (Phi) is 2.57. The monoisotopic (exact) mass is 305 g/mol. The largest absolute Gasteiger partial charge is 0.384 e. The van der Waals surface area contributed by atoms with Gasteiger partial charge in [0.2, 0.25) is 0 Å². The fourth-order valence-corrected chi connectivity index (χ4v) is 3.12. The SMILES string of the molecule is Nc1cc(-c2nc3ccc(Br)cc3s2)ccn1. The maximum Gasteiger partial charge on any atom is 0.124 e. The number of nitrogens with zero attached hydrogens (tertiary/aromatic N) is 2. The molecule has 0 saturated carbocycles. The second kappa shape index (κ2) is 4.09. The van der Waals surface area contributed by atoms with E-state index in [4.69, 9.17) is 5.73 Å². The molecule has 0 spiro atoms. The standard InChI is InChI=1S/C12H8BrN3S/c13-8-1-2-9-10(6-8)17-12(16-9)7-3-4-15-11(14)5-7/h1-6H,(H2,14,15). The minimum atomic E-state index is 0.517. The van der Waals surface area contributed by atoms with Crippen LogP contribution in [0.25, 0.3) is 20.8 Å². The Hall–Kier alpha value is -1.46. The molecule has 17 heavy (non-hydrogen) atoms. The van der Waals surface area contributed by atoms with Gasteiger partial charge in [0.1, 0.15) is 10.8 Å². The first kappa shape index (κ1) is 10.7. The van der Waals surface area contributed by atoms with E-state index in [0.29, 0.717) is 5.82 Å². The number of rotatable bonds is 1. The number of nitrogen functional groups attached to an aromatic ring is 1. The Balaban J connectivity index is 2.18.